The summed E-state index contributed by atoms with van der Waals surface area (Å²) in [6.07, 6.45) is 0. The Bertz CT molecular complexity index is 772. The molecule has 0 bridgehead atoms. The summed E-state index contributed by atoms with van der Waals surface area (Å²) in [4.78, 5) is 0. The fourth-order valence-electron chi connectivity index (χ4n) is 2.51. The highest BCUT2D eigenvalue weighted by atomic mass is 16.5. The average Bonchev–Trinajstić information content (AvgIpc) is 2.69. The minimum Gasteiger partial charge on any atom is -0.494 e. The van der Waals surface area contributed by atoms with Gasteiger partial charge in [0.2, 0.25) is 0 Å². The van der Waals surface area contributed by atoms with Gasteiger partial charge in [0.05, 0.1) is 6.61 Å². The third-order valence-electron chi connectivity index (χ3n) is 3.78. The lowest BCUT2D eigenvalue weighted by Gasteiger charge is -2.11. The first kappa shape index (κ1) is 17.7. The van der Waals surface area contributed by atoms with E-state index in [1.54, 1.807) is 0 Å². The standard InChI is InChI=1S/C22H24N2O2/c1-2-25-20-12-8-18(9-13-20)23-16-17-24-19-10-14-22(15-11-19)26-21-6-4-3-5-7-21/h3-15,23-24H,2,16-17H2,1H3. The quantitative estimate of drug-likeness (QED) is 0.508. The number of para-hydroxylation sites is 1. The zero-order chi connectivity index (χ0) is 18.0. The molecule has 0 atom stereocenters. The molecule has 0 saturated carbocycles. The summed E-state index contributed by atoms with van der Waals surface area (Å²) in [6, 6.07) is 25.8. The van der Waals surface area contributed by atoms with E-state index in [1.807, 2.05) is 85.8 Å². The predicted molar refractivity (Wildman–Crippen MR) is 108 cm³/mol. The molecule has 0 aromatic heterocycles. The molecule has 4 heteroatoms. The lowest BCUT2D eigenvalue weighted by atomic mass is 10.3. The zero-order valence-corrected chi connectivity index (χ0v) is 14.9. The summed E-state index contributed by atoms with van der Waals surface area (Å²) in [7, 11) is 0. The fourth-order valence-corrected chi connectivity index (χ4v) is 2.51. The molecule has 0 heterocycles. The van der Waals surface area contributed by atoms with Crippen LogP contribution in [0.1, 0.15) is 6.92 Å². The molecule has 0 aliphatic carbocycles. The van der Waals surface area contributed by atoms with Crippen LogP contribution in [0.2, 0.25) is 0 Å². The van der Waals surface area contributed by atoms with Crippen LogP contribution in [0.5, 0.6) is 17.2 Å². The largest absolute Gasteiger partial charge is 0.494 e. The highest BCUT2D eigenvalue weighted by Gasteiger charge is 1.98. The molecule has 3 rings (SSSR count). The van der Waals surface area contributed by atoms with Gasteiger partial charge >= 0.3 is 0 Å². The zero-order valence-electron chi connectivity index (χ0n) is 14.9. The molecule has 0 unspecified atom stereocenters. The lowest BCUT2D eigenvalue weighted by Crippen LogP contribution is -2.13. The highest BCUT2D eigenvalue weighted by molar-refractivity contribution is 5.49. The van der Waals surface area contributed by atoms with E-state index in [0.29, 0.717) is 6.61 Å². The van der Waals surface area contributed by atoms with Crippen LogP contribution in [0.3, 0.4) is 0 Å². The summed E-state index contributed by atoms with van der Waals surface area (Å²) < 4.78 is 11.2. The topological polar surface area (TPSA) is 42.5 Å². The molecule has 134 valence electrons. The Labute approximate surface area is 154 Å². The minimum absolute atomic E-state index is 0.686. The second-order valence-corrected chi connectivity index (χ2v) is 5.75. The van der Waals surface area contributed by atoms with E-state index in [4.69, 9.17) is 9.47 Å². The van der Waals surface area contributed by atoms with E-state index < -0.39 is 0 Å². The molecule has 0 radical (unpaired) electrons. The Morgan fingerprint density at radius 2 is 1.12 bits per heavy atom. The number of hydrogen-bond acceptors (Lipinski definition) is 4. The van der Waals surface area contributed by atoms with Crippen LogP contribution in [0.25, 0.3) is 0 Å². The van der Waals surface area contributed by atoms with Crippen molar-refractivity contribution in [1.82, 2.24) is 0 Å². The summed E-state index contributed by atoms with van der Waals surface area (Å²) in [5, 5.41) is 6.78. The van der Waals surface area contributed by atoms with Gasteiger partial charge in [0.15, 0.2) is 0 Å². The number of anilines is 2. The molecule has 0 amide bonds. The molecule has 0 saturated heterocycles. The van der Waals surface area contributed by atoms with Gasteiger partial charge in [0, 0.05) is 24.5 Å². The van der Waals surface area contributed by atoms with Crippen molar-refractivity contribution in [3.05, 3.63) is 78.9 Å². The third kappa shape index (κ3) is 5.45. The predicted octanol–water partition coefficient (Wildman–Crippen LogP) is 5.40. The molecule has 0 spiro atoms. The van der Waals surface area contributed by atoms with Crippen molar-refractivity contribution in [1.29, 1.82) is 0 Å². The smallest absolute Gasteiger partial charge is 0.127 e. The summed E-state index contributed by atoms with van der Waals surface area (Å²) in [6.45, 7) is 4.33. The van der Waals surface area contributed by atoms with E-state index in [-0.39, 0.29) is 0 Å². The summed E-state index contributed by atoms with van der Waals surface area (Å²) >= 11 is 0. The monoisotopic (exact) mass is 348 g/mol. The van der Waals surface area contributed by atoms with Gasteiger partial charge in [-0.3, -0.25) is 0 Å². The Morgan fingerprint density at radius 1 is 0.615 bits per heavy atom. The van der Waals surface area contributed by atoms with Gasteiger partial charge in [-0.2, -0.15) is 0 Å². The first-order valence-electron chi connectivity index (χ1n) is 8.87. The van der Waals surface area contributed by atoms with Crippen molar-refractivity contribution < 1.29 is 9.47 Å². The van der Waals surface area contributed by atoms with Crippen molar-refractivity contribution in [3.63, 3.8) is 0 Å². The van der Waals surface area contributed by atoms with Crippen molar-refractivity contribution >= 4 is 11.4 Å². The van der Waals surface area contributed by atoms with Crippen molar-refractivity contribution in [3.8, 4) is 17.2 Å². The average molecular weight is 348 g/mol. The second-order valence-electron chi connectivity index (χ2n) is 5.75. The maximum Gasteiger partial charge on any atom is 0.127 e. The van der Waals surface area contributed by atoms with E-state index >= 15 is 0 Å². The molecular formula is C22H24N2O2. The fraction of sp³-hybridized carbons (Fsp3) is 0.182. The SMILES string of the molecule is CCOc1ccc(NCCNc2ccc(Oc3ccccc3)cc2)cc1. The second kappa shape index (κ2) is 9.37. The van der Waals surface area contributed by atoms with Gasteiger partial charge in [-0.1, -0.05) is 18.2 Å². The highest BCUT2D eigenvalue weighted by Crippen LogP contribution is 2.22. The summed E-state index contributed by atoms with van der Waals surface area (Å²) in [5.74, 6) is 2.57. The van der Waals surface area contributed by atoms with Gasteiger partial charge in [0.25, 0.3) is 0 Å². The van der Waals surface area contributed by atoms with E-state index in [2.05, 4.69) is 10.6 Å². The molecular weight excluding hydrogens is 324 g/mol. The van der Waals surface area contributed by atoms with Gasteiger partial charge in [-0.05, 0) is 67.6 Å². The van der Waals surface area contributed by atoms with E-state index in [1.165, 1.54) is 0 Å². The first-order valence-corrected chi connectivity index (χ1v) is 8.87. The normalized spacial score (nSPS) is 10.2. The first-order chi connectivity index (χ1) is 12.8. The molecule has 2 N–H and O–H groups in total. The molecule has 0 aliphatic heterocycles. The molecule has 26 heavy (non-hydrogen) atoms. The Hall–Kier alpha value is -3.14. The van der Waals surface area contributed by atoms with Gasteiger partial charge in [0.1, 0.15) is 17.2 Å². The van der Waals surface area contributed by atoms with Crippen LogP contribution >= 0.6 is 0 Å². The van der Waals surface area contributed by atoms with Crippen LogP contribution in [-0.2, 0) is 0 Å². The number of benzene rings is 3. The van der Waals surface area contributed by atoms with Gasteiger partial charge < -0.3 is 20.1 Å². The van der Waals surface area contributed by atoms with Crippen molar-refractivity contribution in [2.45, 2.75) is 6.92 Å². The van der Waals surface area contributed by atoms with E-state index in [9.17, 15) is 0 Å². The van der Waals surface area contributed by atoms with E-state index in [0.717, 1.165) is 41.7 Å². The van der Waals surface area contributed by atoms with Gasteiger partial charge in [-0.25, -0.2) is 0 Å². The maximum atomic E-state index is 5.79. The number of ether oxygens (including phenoxy) is 2. The van der Waals surface area contributed by atoms with Gasteiger partial charge in [-0.15, -0.1) is 0 Å². The van der Waals surface area contributed by atoms with Crippen LogP contribution in [-0.4, -0.2) is 19.7 Å². The molecule has 4 nitrogen and oxygen atoms in total. The maximum absolute atomic E-state index is 5.79. The minimum atomic E-state index is 0.686. The van der Waals surface area contributed by atoms with Crippen LogP contribution in [0, 0.1) is 0 Å². The third-order valence-corrected chi connectivity index (χ3v) is 3.78. The summed E-state index contributed by atoms with van der Waals surface area (Å²) in [5.41, 5.74) is 2.15. The molecule has 3 aromatic carbocycles. The molecule has 0 aliphatic rings. The Balaban J connectivity index is 1.40. The molecule has 0 fully saturated rings. The Kier molecular flexibility index (Phi) is 6.37. The van der Waals surface area contributed by atoms with Crippen LogP contribution < -0.4 is 20.1 Å². The van der Waals surface area contributed by atoms with Crippen LogP contribution in [0.15, 0.2) is 78.9 Å². The number of hydrogen-bond donors (Lipinski definition) is 2. The number of nitrogens with one attached hydrogen (secondary N) is 2. The van der Waals surface area contributed by atoms with Crippen molar-refractivity contribution in [2.24, 2.45) is 0 Å². The lowest BCUT2D eigenvalue weighted by molar-refractivity contribution is 0.340. The van der Waals surface area contributed by atoms with Crippen LogP contribution in [0.4, 0.5) is 11.4 Å². The molecule has 3 aromatic rings. The Morgan fingerprint density at radius 3 is 1.65 bits per heavy atom. The van der Waals surface area contributed by atoms with Crippen molar-refractivity contribution in [2.75, 3.05) is 30.3 Å². The number of rotatable bonds is 9.